The Labute approximate surface area is 115 Å². The SMILES string of the molecule is C=C(CC(O)(C(F)(F)F)C(F)(F)F)c1ccc(Cl)cc1. The van der Waals surface area contributed by atoms with Gasteiger partial charge in [0.25, 0.3) is 5.60 Å². The lowest BCUT2D eigenvalue weighted by molar-refractivity contribution is -0.365. The second kappa shape index (κ2) is 5.29. The Morgan fingerprint density at radius 2 is 1.40 bits per heavy atom. The molecule has 1 nitrogen and oxygen atoms in total. The molecule has 0 heterocycles. The Morgan fingerprint density at radius 1 is 1.00 bits per heavy atom. The molecule has 1 rings (SSSR count). The molecule has 0 amide bonds. The van der Waals surface area contributed by atoms with Gasteiger partial charge in [-0.25, -0.2) is 0 Å². The summed E-state index contributed by atoms with van der Waals surface area (Å²) in [5, 5.41) is 9.30. The van der Waals surface area contributed by atoms with Gasteiger partial charge in [0.15, 0.2) is 0 Å². The van der Waals surface area contributed by atoms with Crippen molar-refractivity contribution < 1.29 is 31.4 Å². The highest BCUT2D eigenvalue weighted by molar-refractivity contribution is 6.30. The normalized spacial score (nSPS) is 13.4. The molecule has 0 aliphatic heterocycles. The molecule has 1 aromatic rings. The first-order valence-electron chi connectivity index (χ1n) is 5.18. The van der Waals surface area contributed by atoms with Crippen molar-refractivity contribution in [3.63, 3.8) is 0 Å². The number of benzene rings is 1. The molecule has 1 N–H and O–H groups in total. The number of hydrogen-bond donors (Lipinski definition) is 1. The second-order valence-corrected chi connectivity index (χ2v) is 4.58. The molecule has 0 aliphatic carbocycles. The van der Waals surface area contributed by atoms with E-state index in [1.54, 1.807) is 0 Å². The fourth-order valence-corrected chi connectivity index (χ4v) is 1.58. The fourth-order valence-electron chi connectivity index (χ4n) is 1.46. The molecule has 112 valence electrons. The van der Waals surface area contributed by atoms with Gasteiger partial charge in [-0.05, 0) is 23.3 Å². The smallest absolute Gasteiger partial charge is 0.373 e. The summed E-state index contributed by atoms with van der Waals surface area (Å²) in [5.41, 5.74) is -5.31. The van der Waals surface area contributed by atoms with Crippen molar-refractivity contribution in [1.82, 2.24) is 0 Å². The summed E-state index contributed by atoms with van der Waals surface area (Å²) < 4.78 is 75.0. The van der Waals surface area contributed by atoms with Crippen molar-refractivity contribution in [3.8, 4) is 0 Å². The molecule has 0 aliphatic rings. The van der Waals surface area contributed by atoms with Crippen molar-refractivity contribution in [1.29, 1.82) is 0 Å². The van der Waals surface area contributed by atoms with Gasteiger partial charge in [-0.2, -0.15) is 26.3 Å². The van der Waals surface area contributed by atoms with Crippen LogP contribution in [0.25, 0.3) is 5.57 Å². The van der Waals surface area contributed by atoms with Gasteiger partial charge in [0.2, 0.25) is 0 Å². The molecule has 0 fully saturated rings. The fraction of sp³-hybridized carbons (Fsp3) is 0.333. The van der Waals surface area contributed by atoms with Crippen LogP contribution in [0.1, 0.15) is 12.0 Å². The highest BCUT2D eigenvalue weighted by atomic mass is 35.5. The molecule has 0 saturated carbocycles. The lowest BCUT2D eigenvalue weighted by Gasteiger charge is -2.32. The molecule has 0 aromatic heterocycles. The molecule has 0 radical (unpaired) electrons. The lowest BCUT2D eigenvalue weighted by atomic mass is 9.90. The molecule has 0 spiro atoms. The molecule has 20 heavy (non-hydrogen) atoms. The number of hydrogen-bond acceptors (Lipinski definition) is 1. The first-order chi connectivity index (χ1) is 8.88. The van der Waals surface area contributed by atoms with E-state index in [1.165, 1.54) is 24.3 Å². The topological polar surface area (TPSA) is 20.2 Å². The van der Waals surface area contributed by atoms with Gasteiger partial charge in [0.05, 0.1) is 0 Å². The Hall–Kier alpha value is -1.21. The first-order valence-corrected chi connectivity index (χ1v) is 5.56. The molecule has 0 unspecified atom stereocenters. The average molecular weight is 319 g/mol. The molecular weight excluding hydrogens is 310 g/mol. The number of halogens is 7. The van der Waals surface area contributed by atoms with Gasteiger partial charge in [0.1, 0.15) is 0 Å². The van der Waals surface area contributed by atoms with E-state index in [2.05, 4.69) is 6.58 Å². The maximum Gasteiger partial charge on any atom is 0.426 e. The molecule has 0 bridgehead atoms. The van der Waals surface area contributed by atoms with Gasteiger partial charge in [0, 0.05) is 11.4 Å². The number of aliphatic hydroxyl groups is 1. The van der Waals surface area contributed by atoms with Crippen molar-refractivity contribution in [3.05, 3.63) is 41.4 Å². The summed E-state index contributed by atoms with van der Waals surface area (Å²) in [4.78, 5) is 0. The highest BCUT2D eigenvalue weighted by Gasteiger charge is 2.70. The summed E-state index contributed by atoms with van der Waals surface area (Å²) in [6, 6.07) is 5.03. The quantitative estimate of drug-likeness (QED) is 0.808. The van der Waals surface area contributed by atoms with E-state index < -0.39 is 29.9 Å². The van der Waals surface area contributed by atoms with E-state index in [4.69, 9.17) is 16.7 Å². The van der Waals surface area contributed by atoms with Crippen LogP contribution in [0.2, 0.25) is 5.02 Å². The summed E-state index contributed by atoms with van der Waals surface area (Å²) >= 11 is 5.56. The zero-order valence-electron chi connectivity index (χ0n) is 9.82. The van der Waals surface area contributed by atoms with E-state index in [1.807, 2.05) is 0 Å². The van der Waals surface area contributed by atoms with Gasteiger partial charge < -0.3 is 5.11 Å². The zero-order valence-corrected chi connectivity index (χ0v) is 10.6. The largest absolute Gasteiger partial charge is 0.426 e. The van der Waals surface area contributed by atoms with E-state index in [0.717, 1.165) is 0 Å². The minimum Gasteiger partial charge on any atom is -0.373 e. The van der Waals surface area contributed by atoms with Crippen LogP contribution in [0.5, 0.6) is 0 Å². The van der Waals surface area contributed by atoms with E-state index >= 15 is 0 Å². The first kappa shape index (κ1) is 16.8. The van der Waals surface area contributed by atoms with Gasteiger partial charge >= 0.3 is 12.4 Å². The number of alkyl halides is 6. The summed E-state index contributed by atoms with van der Waals surface area (Å²) in [6.45, 7) is 3.16. The molecule has 1 aromatic carbocycles. The van der Waals surface area contributed by atoms with Crippen molar-refractivity contribution in [2.75, 3.05) is 0 Å². The van der Waals surface area contributed by atoms with Crippen LogP contribution in [0.4, 0.5) is 26.3 Å². The van der Waals surface area contributed by atoms with Gasteiger partial charge in [-0.15, -0.1) is 0 Å². The van der Waals surface area contributed by atoms with Gasteiger partial charge in [-0.3, -0.25) is 0 Å². The van der Waals surface area contributed by atoms with Crippen LogP contribution in [0.3, 0.4) is 0 Å². The van der Waals surface area contributed by atoms with Crippen LogP contribution in [0, 0.1) is 0 Å². The summed E-state index contributed by atoms with van der Waals surface area (Å²) in [6.07, 6.45) is -13.4. The van der Waals surface area contributed by atoms with Gasteiger partial charge in [-0.1, -0.05) is 30.3 Å². The lowest BCUT2D eigenvalue weighted by Crippen LogP contribution is -2.56. The monoisotopic (exact) mass is 318 g/mol. The third-order valence-corrected chi connectivity index (χ3v) is 2.91. The third-order valence-electron chi connectivity index (χ3n) is 2.66. The van der Waals surface area contributed by atoms with Crippen LogP contribution in [-0.4, -0.2) is 23.1 Å². The van der Waals surface area contributed by atoms with E-state index in [9.17, 15) is 26.3 Å². The van der Waals surface area contributed by atoms with Crippen molar-refractivity contribution >= 4 is 17.2 Å². The van der Waals surface area contributed by atoms with E-state index in [-0.39, 0.29) is 10.6 Å². The predicted molar refractivity (Wildman–Crippen MR) is 62.2 cm³/mol. The van der Waals surface area contributed by atoms with Crippen LogP contribution >= 0.6 is 11.6 Å². The molecular formula is C12H9ClF6O. The highest BCUT2D eigenvalue weighted by Crippen LogP contribution is 2.47. The minimum absolute atomic E-state index is 0.0290. The molecule has 8 heteroatoms. The predicted octanol–water partition coefficient (Wildman–Crippen LogP) is 4.60. The molecule has 0 atom stereocenters. The Bertz CT molecular complexity index is 474. The van der Waals surface area contributed by atoms with Crippen LogP contribution in [0.15, 0.2) is 30.8 Å². The zero-order chi connectivity index (χ0) is 15.8. The van der Waals surface area contributed by atoms with Crippen LogP contribution < -0.4 is 0 Å². The Balaban J connectivity index is 3.09. The average Bonchev–Trinajstić information content (AvgIpc) is 2.26. The third kappa shape index (κ3) is 3.27. The summed E-state index contributed by atoms with van der Waals surface area (Å²) in [5.74, 6) is 0. The maximum absolute atomic E-state index is 12.5. The Kier molecular flexibility index (Phi) is 4.46. The number of rotatable bonds is 3. The maximum atomic E-state index is 12.5. The van der Waals surface area contributed by atoms with E-state index in [0.29, 0.717) is 0 Å². The van der Waals surface area contributed by atoms with Crippen molar-refractivity contribution in [2.24, 2.45) is 0 Å². The Morgan fingerprint density at radius 3 is 1.75 bits per heavy atom. The standard InChI is InChI=1S/C12H9ClF6O/c1-7(8-2-4-9(13)5-3-8)6-10(20,11(14,15)16)12(17,18)19/h2-5,20H,1,6H2. The van der Waals surface area contributed by atoms with Crippen LogP contribution in [-0.2, 0) is 0 Å². The second-order valence-electron chi connectivity index (χ2n) is 4.14. The summed E-state index contributed by atoms with van der Waals surface area (Å²) in [7, 11) is 0. The van der Waals surface area contributed by atoms with Crippen molar-refractivity contribution in [2.45, 2.75) is 24.4 Å². The minimum atomic E-state index is -5.86. The molecule has 0 saturated heterocycles.